The average Bonchev–Trinajstić information content (AvgIpc) is 2.90. The molecular weight excluding hydrogens is 423 g/mol. The highest BCUT2D eigenvalue weighted by molar-refractivity contribution is 7.17. The predicted molar refractivity (Wildman–Crippen MR) is 128 cm³/mol. The molecule has 0 radical (unpaired) electrons. The predicted octanol–water partition coefficient (Wildman–Crippen LogP) is 6.31. The van der Waals surface area contributed by atoms with Gasteiger partial charge in [0.25, 0.3) is 11.8 Å². The number of carbonyl (C=O) groups is 2. The molecule has 4 rings (SSSR count). The second kappa shape index (κ2) is 9.34. The first-order valence-corrected chi connectivity index (χ1v) is 12.6. The summed E-state index contributed by atoms with van der Waals surface area (Å²) in [7, 11) is 0. The topological polar surface area (TPSA) is 49.4 Å². The van der Waals surface area contributed by atoms with Crippen LogP contribution in [0.5, 0.6) is 0 Å². The summed E-state index contributed by atoms with van der Waals surface area (Å²) in [6.45, 7) is 8.31. The van der Waals surface area contributed by atoms with Gasteiger partial charge in [-0.1, -0.05) is 45.7 Å². The Hall–Kier alpha value is -2.21. The Balaban J connectivity index is 1.70. The second-order valence-corrected chi connectivity index (χ2v) is 11.3. The van der Waals surface area contributed by atoms with Gasteiger partial charge in [0.2, 0.25) is 0 Å². The minimum absolute atomic E-state index is 0.000360. The van der Waals surface area contributed by atoms with E-state index in [0.717, 1.165) is 63.6 Å². The number of carbonyl (C=O) groups excluding carboxylic acids is 2. The van der Waals surface area contributed by atoms with Gasteiger partial charge >= 0.3 is 0 Å². The van der Waals surface area contributed by atoms with E-state index in [1.54, 1.807) is 12.1 Å². The molecule has 0 bridgehead atoms. The SMILES string of the molecule is CC(C)(C)C1CCc2c(sc(NC(=O)c3ccccc3F)c2C(=O)N2CCCCCC2)C1. The van der Waals surface area contributed by atoms with E-state index in [1.807, 2.05) is 4.90 Å². The minimum atomic E-state index is -0.556. The maximum absolute atomic E-state index is 14.2. The third kappa shape index (κ3) is 4.75. The van der Waals surface area contributed by atoms with Gasteiger partial charge in [-0.2, -0.15) is 0 Å². The smallest absolute Gasteiger partial charge is 0.259 e. The highest BCUT2D eigenvalue weighted by atomic mass is 32.1. The molecule has 1 unspecified atom stereocenters. The number of rotatable bonds is 3. The number of nitrogens with one attached hydrogen (secondary N) is 1. The van der Waals surface area contributed by atoms with E-state index in [1.165, 1.54) is 28.3 Å². The van der Waals surface area contributed by atoms with E-state index in [0.29, 0.717) is 16.5 Å². The molecule has 4 nitrogen and oxygen atoms in total. The van der Waals surface area contributed by atoms with E-state index in [-0.39, 0.29) is 16.9 Å². The number of amides is 2. The Morgan fingerprint density at radius 1 is 1.09 bits per heavy atom. The van der Waals surface area contributed by atoms with Crippen LogP contribution in [0.4, 0.5) is 9.39 Å². The van der Waals surface area contributed by atoms with Crippen LogP contribution in [0.15, 0.2) is 24.3 Å². The van der Waals surface area contributed by atoms with E-state index in [2.05, 4.69) is 26.1 Å². The molecule has 1 aliphatic heterocycles. The third-order valence-corrected chi connectivity index (χ3v) is 8.11. The van der Waals surface area contributed by atoms with Crippen LogP contribution in [0.3, 0.4) is 0 Å². The van der Waals surface area contributed by atoms with Crippen molar-refractivity contribution < 1.29 is 14.0 Å². The summed E-state index contributed by atoms with van der Waals surface area (Å²) in [6, 6.07) is 5.97. The van der Waals surface area contributed by atoms with Gasteiger partial charge in [-0.15, -0.1) is 11.3 Å². The molecule has 32 heavy (non-hydrogen) atoms. The number of hydrogen-bond acceptors (Lipinski definition) is 3. The van der Waals surface area contributed by atoms with Gasteiger partial charge in [-0.3, -0.25) is 9.59 Å². The number of thiophene rings is 1. The minimum Gasteiger partial charge on any atom is -0.339 e. The normalized spacial score (nSPS) is 19.2. The molecule has 2 aliphatic rings. The molecule has 0 spiro atoms. The summed E-state index contributed by atoms with van der Waals surface area (Å²) in [6.07, 6.45) is 7.12. The van der Waals surface area contributed by atoms with Gasteiger partial charge in [0.15, 0.2) is 0 Å². The highest BCUT2D eigenvalue weighted by Crippen LogP contribution is 2.45. The molecule has 6 heteroatoms. The van der Waals surface area contributed by atoms with Crippen LogP contribution in [0.25, 0.3) is 0 Å². The van der Waals surface area contributed by atoms with Crippen molar-refractivity contribution in [2.75, 3.05) is 18.4 Å². The lowest BCUT2D eigenvalue weighted by molar-refractivity contribution is 0.0761. The number of anilines is 1. The van der Waals surface area contributed by atoms with Gasteiger partial charge in [0.05, 0.1) is 11.1 Å². The van der Waals surface area contributed by atoms with Gasteiger partial charge in [-0.25, -0.2) is 4.39 Å². The lowest BCUT2D eigenvalue weighted by Crippen LogP contribution is -2.33. The van der Waals surface area contributed by atoms with Crippen molar-refractivity contribution in [3.8, 4) is 0 Å². The maximum Gasteiger partial charge on any atom is 0.259 e. The maximum atomic E-state index is 14.2. The molecule has 1 N–H and O–H groups in total. The fourth-order valence-corrected chi connectivity index (χ4v) is 6.20. The fourth-order valence-electron chi connectivity index (χ4n) is 4.89. The number of hydrogen-bond donors (Lipinski definition) is 1. The molecule has 2 amide bonds. The largest absolute Gasteiger partial charge is 0.339 e. The van der Waals surface area contributed by atoms with Crippen LogP contribution in [0.2, 0.25) is 0 Å². The van der Waals surface area contributed by atoms with Crippen molar-refractivity contribution in [2.45, 2.75) is 65.7 Å². The number of nitrogens with zero attached hydrogens (tertiary/aromatic N) is 1. The fraction of sp³-hybridized carbons (Fsp3) is 0.538. The molecule has 2 heterocycles. The van der Waals surface area contributed by atoms with Crippen molar-refractivity contribution in [1.82, 2.24) is 4.90 Å². The van der Waals surface area contributed by atoms with Crippen LogP contribution >= 0.6 is 11.3 Å². The average molecular weight is 457 g/mol. The first-order chi connectivity index (χ1) is 15.3. The molecule has 172 valence electrons. The molecule has 1 saturated heterocycles. The number of fused-ring (bicyclic) bond motifs is 1. The van der Waals surface area contributed by atoms with Crippen molar-refractivity contribution in [1.29, 1.82) is 0 Å². The second-order valence-electron chi connectivity index (χ2n) is 10.2. The summed E-state index contributed by atoms with van der Waals surface area (Å²) < 4.78 is 14.2. The van der Waals surface area contributed by atoms with Crippen molar-refractivity contribution in [3.63, 3.8) is 0 Å². The zero-order chi connectivity index (χ0) is 22.9. The molecule has 1 aliphatic carbocycles. The quantitative estimate of drug-likeness (QED) is 0.589. The Labute approximate surface area is 194 Å². The van der Waals surface area contributed by atoms with E-state index in [4.69, 9.17) is 0 Å². The van der Waals surface area contributed by atoms with Crippen molar-refractivity contribution in [3.05, 3.63) is 51.7 Å². The lowest BCUT2D eigenvalue weighted by Gasteiger charge is -2.34. The molecule has 2 aromatic rings. The Kier molecular flexibility index (Phi) is 6.70. The van der Waals surface area contributed by atoms with E-state index in [9.17, 15) is 14.0 Å². The van der Waals surface area contributed by atoms with Gasteiger partial charge in [-0.05, 0) is 61.1 Å². The van der Waals surface area contributed by atoms with Crippen LogP contribution in [-0.2, 0) is 12.8 Å². The van der Waals surface area contributed by atoms with Crippen molar-refractivity contribution >= 4 is 28.2 Å². The Morgan fingerprint density at radius 2 is 1.78 bits per heavy atom. The van der Waals surface area contributed by atoms with Crippen LogP contribution in [0, 0.1) is 17.2 Å². The Morgan fingerprint density at radius 3 is 2.44 bits per heavy atom. The van der Waals surface area contributed by atoms with Crippen molar-refractivity contribution in [2.24, 2.45) is 11.3 Å². The monoisotopic (exact) mass is 456 g/mol. The molecule has 0 saturated carbocycles. The van der Waals surface area contributed by atoms with Crippen LogP contribution < -0.4 is 5.32 Å². The molecule has 1 atom stereocenters. The summed E-state index contributed by atoms with van der Waals surface area (Å²) in [4.78, 5) is 29.7. The summed E-state index contributed by atoms with van der Waals surface area (Å²) in [5.41, 5.74) is 1.92. The molecule has 1 aromatic carbocycles. The zero-order valence-corrected chi connectivity index (χ0v) is 20.1. The Bertz CT molecular complexity index is 1000. The van der Waals surface area contributed by atoms with E-state index < -0.39 is 11.7 Å². The summed E-state index contributed by atoms with van der Waals surface area (Å²) >= 11 is 1.51. The van der Waals surface area contributed by atoms with Crippen LogP contribution in [-0.4, -0.2) is 29.8 Å². The van der Waals surface area contributed by atoms with Gasteiger partial charge in [0, 0.05) is 18.0 Å². The van der Waals surface area contributed by atoms with Gasteiger partial charge < -0.3 is 10.2 Å². The lowest BCUT2D eigenvalue weighted by atomic mass is 9.72. The first kappa shape index (κ1) is 23.0. The zero-order valence-electron chi connectivity index (χ0n) is 19.3. The highest BCUT2D eigenvalue weighted by Gasteiger charge is 2.35. The standard InChI is InChI=1S/C26H33FN2O2S/c1-26(2,3)17-12-13-19-21(16-17)32-24(28-23(30)18-10-6-7-11-20(18)27)22(19)25(31)29-14-8-4-5-9-15-29/h6-7,10-11,17H,4-5,8-9,12-16H2,1-3H3,(H,28,30). The van der Waals surface area contributed by atoms with Gasteiger partial charge in [0.1, 0.15) is 10.8 Å². The molecule has 1 fully saturated rings. The summed E-state index contributed by atoms with van der Waals surface area (Å²) in [5.74, 6) is -0.508. The molecule has 1 aromatic heterocycles. The van der Waals surface area contributed by atoms with Crippen LogP contribution in [0.1, 0.15) is 84.0 Å². The third-order valence-electron chi connectivity index (χ3n) is 6.94. The van der Waals surface area contributed by atoms with E-state index >= 15 is 0 Å². The number of halogens is 1. The number of likely N-dealkylation sites (tertiary alicyclic amines) is 1. The summed E-state index contributed by atoms with van der Waals surface area (Å²) in [5, 5.41) is 3.48. The first-order valence-electron chi connectivity index (χ1n) is 11.8. The molecular formula is C26H33FN2O2S. The number of benzene rings is 1.